The van der Waals surface area contributed by atoms with Gasteiger partial charge in [0.25, 0.3) is 5.91 Å². The SMILES string of the molecule is Cl.N.N.N.N.O=C(Nc1ccc(F)c(F)c1)c1ccc(Nc2nc(N3CCCCC3)nc(N3CCCCC3)n2)cc1O.[HH].[HH].[HH].[HH]. The van der Waals surface area contributed by atoms with Crippen molar-refractivity contribution in [2.75, 3.05) is 46.6 Å². The number of halogens is 3. The first-order valence-electron chi connectivity index (χ1n) is 12.6. The Morgan fingerprint density at radius 3 is 1.76 bits per heavy atom. The van der Waals surface area contributed by atoms with Crippen LogP contribution >= 0.6 is 12.4 Å². The summed E-state index contributed by atoms with van der Waals surface area (Å²) in [4.78, 5) is 31.0. The second-order valence-electron chi connectivity index (χ2n) is 9.29. The van der Waals surface area contributed by atoms with Crippen molar-refractivity contribution >= 4 is 47.5 Å². The van der Waals surface area contributed by atoms with Crippen LogP contribution in [-0.2, 0) is 0 Å². The first-order chi connectivity index (χ1) is 18.0. The maximum atomic E-state index is 13.5. The van der Waals surface area contributed by atoms with Gasteiger partial charge in [-0.3, -0.25) is 4.79 Å². The minimum absolute atomic E-state index is 0. The minimum atomic E-state index is -1.08. The fourth-order valence-electron chi connectivity index (χ4n) is 4.58. The van der Waals surface area contributed by atoms with Gasteiger partial charge in [0, 0.05) is 55.4 Å². The molecule has 0 aliphatic carbocycles. The molecule has 242 valence electrons. The van der Waals surface area contributed by atoms with Gasteiger partial charge >= 0.3 is 0 Å². The Bertz CT molecular complexity index is 1280. The zero-order valence-corrected chi connectivity index (χ0v) is 24.4. The summed E-state index contributed by atoms with van der Waals surface area (Å²) >= 11 is 0. The third-order valence-corrected chi connectivity index (χ3v) is 6.57. The highest BCUT2D eigenvalue weighted by atomic mass is 35.5. The van der Waals surface area contributed by atoms with Crippen molar-refractivity contribution < 1.29 is 24.4 Å². The molecule has 1 aromatic heterocycles. The van der Waals surface area contributed by atoms with E-state index in [1.165, 1.54) is 31.0 Å². The molecule has 3 aromatic rings. The topological polar surface area (TPSA) is 247 Å². The van der Waals surface area contributed by atoms with Gasteiger partial charge in [-0.15, -0.1) is 12.4 Å². The number of phenolic OH excluding ortho intramolecular Hbond substituents is 1. The van der Waals surface area contributed by atoms with Gasteiger partial charge in [0.15, 0.2) is 11.6 Å². The fraction of sp³-hybridized carbons (Fsp3) is 0.385. The highest BCUT2D eigenvalue weighted by molar-refractivity contribution is 6.06. The van der Waals surface area contributed by atoms with Crippen LogP contribution in [0.2, 0.25) is 0 Å². The number of carbonyl (C=O) groups is 1. The molecule has 0 unspecified atom stereocenters. The van der Waals surface area contributed by atoms with Gasteiger partial charge in [-0.2, -0.15) is 15.0 Å². The maximum Gasteiger partial charge on any atom is 0.259 e. The molecule has 2 aliphatic rings. The molecule has 1 amide bonds. The van der Waals surface area contributed by atoms with E-state index < -0.39 is 17.5 Å². The van der Waals surface area contributed by atoms with Crippen LogP contribution < -0.4 is 45.0 Å². The zero-order valence-electron chi connectivity index (χ0n) is 23.6. The van der Waals surface area contributed by atoms with E-state index in [1.807, 2.05) is 0 Å². The number of anilines is 5. The summed E-state index contributed by atoms with van der Waals surface area (Å²) in [6, 6.07) is 7.48. The van der Waals surface area contributed by atoms with Gasteiger partial charge in [0.05, 0.1) is 5.56 Å². The van der Waals surface area contributed by atoms with E-state index >= 15 is 0 Å². The smallest absolute Gasteiger partial charge is 0.259 e. The van der Waals surface area contributed by atoms with Gasteiger partial charge in [-0.05, 0) is 62.8 Å². The molecule has 2 saturated heterocycles. The van der Waals surface area contributed by atoms with Crippen LogP contribution in [0.3, 0.4) is 0 Å². The number of amides is 1. The van der Waals surface area contributed by atoms with Crippen LogP contribution in [0.5, 0.6) is 5.75 Å². The summed E-state index contributed by atoms with van der Waals surface area (Å²) < 4.78 is 26.6. The molecule has 13 nitrogen and oxygen atoms in total. The van der Waals surface area contributed by atoms with Gasteiger partial charge in [-0.25, -0.2) is 8.78 Å². The Morgan fingerprint density at radius 2 is 1.26 bits per heavy atom. The molecular formula is C26H50ClF2N11O2. The molecule has 2 aliphatic heterocycles. The van der Waals surface area contributed by atoms with Crippen molar-refractivity contribution in [3.8, 4) is 5.75 Å². The van der Waals surface area contributed by atoms with Gasteiger partial charge < -0.3 is 50.1 Å². The van der Waals surface area contributed by atoms with Crippen molar-refractivity contribution in [3.63, 3.8) is 0 Å². The number of piperidine rings is 2. The molecule has 42 heavy (non-hydrogen) atoms. The van der Waals surface area contributed by atoms with Crippen LogP contribution in [-0.4, -0.2) is 52.1 Å². The third-order valence-electron chi connectivity index (χ3n) is 6.57. The molecule has 2 aromatic carbocycles. The molecule has 15 N–H and O–H groups in total. The highest BCUT2D eigenvalue weighted by Gasteiger charge is 2.21. The Morgan fingerprint density at radius 1 is 0.738 bits per heavy atom. The number of nitrogens with zero attached hydrogens (tertiary/aromatic N) is 5. The van der Waals surface area contributed by atoms with E-state index in [1.54, 1.807) is 6.07 Å². The van der Waals surface area contributed by atoms with Crippen LogP contribution in [0.4, 0.5) is 38.0 Å². The fourth-order valence-corrected chi connectivity index (χ4v) is 4.58. The van der Waals surface area contributed by atoms with Gasteiger partial charge in [0.2, 0.25) is 17.8 Å². The Kier molecular flexibility index (Phi) is 15.6. The van der Waals surface area contributed by atoms with E-state index in [-0.39, 0.29) is 59.7 Å². The van der Waals surface area contributed by atoms with Crippen molar-refractivity contribution in [1.82, 2.24) is 39.6 Å². The van der Waals surface area contributed by atoms with E-state index in [9.17, 15) is 18.7 Å². The molecule has 16 heteroatoms. The molecule has 3 heterocycles. The predicted molar refractivity (Wildman–Crippen MR) is 173 cm³/mol. The van der Waals surface area contributed by atoms with Gasteiger partial charge in [-0.1, -0.05) is 0 Å². The standard InChI is InChI=1S/C26H29F2N7O2.ClH.4H3N.4H2/c27-20-10-8-17(15-21(20)28)29-23(37)19-9-7-18(16-22(19)36)30-24-31-25(34-11-3-1-4-12-34)33-26(32-24)35-13-5-2-6-14-35;;;;;;;;;/h7-10,15-16,36H,1-6,11-14H2,(H,29,37)(H,30,31,32,33);1H;4*1H3;4*1H. The Labute approximate surface area is 256 Å². The number of aromatic nitrogens is 3. The normalized spacial score (nSPS) is 14.0. The molecule has 2 fully saturated rings. The molecule has 0 atom stereocenters. The number of benzene rings is 2. The van der Waals surface area contributed by atoms with Crippen molar-refractivity contribution in [2.45, 2.75) is 38.5 Å². The lowest BCUT2D eigenvalue weighted by molar-refractivity contribution is 0.102. The molecule has 0 radical (unpaired) electrons. The number of carbonyl (C=O) groups excluding carboxylic acids is 1. The lowest BCUT2D eigenvalue weighted by Crippen LogP contribution is -2.34. The van der Waals surface area contributed by atoms with E-state index in [4.69, 9.17) is 4.98 Å². The second kappa shape index (κ2) is 17.2. The summed E-state index contributed by atoms with van der Waals surface area (Å²) in [5.74, 6) is -1.42. The van der Waals surface area contributed by atoms with Crippen LogP contribution in [0.1, 0.15) is 54.6 Å². The maximum absolute atomic E-state index is 13.5. The zero-order chi connectivity index (χ0) is 25.8. The third kappa shape index (κ3) is 9.06. The van der Waals surface area contributed by atoms with Crippen LogP contribution in [0.25, 0.3) is 0 Å². The first-order valence-corrected chi connectivity index (χ1v) is 12.6. The lowest BCUT2D eigenvalue weighted by atomic mass is 10.1. The summed E-state index contributed by atoms with van der Waals surface area (Å²) in [6.45, 7) is 3.58. The molecular weight excluding hydrogens is 572 g/mol. The number of rotatable bonds is 6. The second-order valence-corrected chi connectivity index (χ2v) is 9.29. The number of phenols is 1. The average Bonchev–Trinajstić information content (AvgIpc) is 2.91. The van der Waals surface area contributed by atoms with E-state index in [0.29, 0.717) is 23.5 Å². The lowest BCUT2D eigenvalue weighted by Gasteiger charge is -2.30. The number of hydrogen-bond donors (Lipinski definition) is 7. The molecule has 0 spiro atoms. The largest absolute Gasteiger partial charge is 0.507 e. The summed E-state index contributed by atoms with van der Waals surface area (Å²) in [6.07, 6.45) is 6.76. The predicted octanol–water partition coefficient (Wildman–Crippen LogP) is 6.89. The van der Waals surface area contributed by atoms with E-state index in [0.717, 1.165) is 64.0 Å². The molecule has 0 saturated carbocycles. The summed E-state index contributed by atoms with van der Waals surface area (Å²) in [7, 11) is 0. The van der Waals surface area contributed by atoms with Crippen LogP contribution in [0.15, 0.2) is 36.4 Å². The average molecular weight is 622 g/mol. The van der Waals surface area contributed by atoms with Gasteiger partial charge in [0.1, 0.15) is 5.75 Å². The number of nitrogens with one attached hydrogen (secondary N) is 2. The Hall–Kier alpha value is -3.89. The number of hydrogen-bond acceptors (Lipinski definition) is 12. The van der Waals surface area contributed by atoms with E-state index in [2.05, 4.69) is 30.4 Å². The van der Waals surface area contributed by atoms with Crippen LogP contribution in [0, 0.1) is 11.6 Å². The quantitative estimate of drug-likeness (QED) is 0.149. The number of aromatic hydroxyl groups is 1. The first kappa shape index (κ1) is 38.1. The van der Waals surface area contributed by atoms with Crippen molar-refractivity contribution in [2.24, 2.45) is 0 Å². The summed E-state index contributed by atoms with van der Waals surface area (Å²) in [5.41, 5.74) is 0.544. The highest BCUT2D eigenvalue weighted by Crippen LogP contribution is 2.27. The summed E-state index contributed by atoms with van der Waals surface area (Å²) in [5, 5.41) is 16.1. The Balaban J connectivity index is -0.000000623. The minimum Gasteiger partial charge on any atom is -0.507 e. The van der Waals surface area contributed by atoms with Crippen molar-refractivity contribution in [1.29, 1.82) is 0 Å². The monoisotopic (exact) mass is 621 g/mol. The molecule has 0 bridgehead atoms. The van der Waals surface area contributed by atoms with Crippen molar-refractivity contribution in [3.05, 3.63) is 53.6 Å². The molecule has 5 rings (SSSR count).